The highest BCUT2D eigenvalue weighted by Crippen LogP contribution is 2.15. The minimum atomic E-state index is -0.236. The standard InChI is InChI=1S/C15H19FN4S/c1-10(14-9-20(3)19-11(14)2)18-15(21)17-8-12-4-6-13(16)7-5-12/h4-7,9-10H,8H2,1-3H3,(H2,17,18,21). The fourth-order valence-corrected chi connectivity index (χ4v) is 2.40. The monoisotopic (exact) mass is 306 g/mol. The maximum atomic E-state index is 12.8. The van der Waals surface area contributed by atoms with Crippen molar-refractivity contribution in [3.05, 3.63) is 53.1 Å². The summed E-state index contributed by atoms with van der Waals surface area (Å²) >= 11 is 5.28. The predicted octanol–water partition coefficient (Wildman–Crippen LogP) is 2.59. The van der Waals surface area contributed by atoms with E-state index in [0.29, 0.717) is 11.7 Å². The molecule has 1 heterocycles. The van der Waals surface area contributed by atoms with Gasteiger partial charge in [-0.2, -0.15) is 5.10 Å². The smallest absolute Gasteiger partial charge is 0.167 e. The van der Waals surface area contributed by atoms with Crippen LogP contribution in [0, 0.1) is 12.7 Å². The summed E-state index contributed by atoms with van der Waals surface area (Å²) in [5, 5.41) is 11.2. The summed E-state index contributed by atoms with van der Waals surface area (Å²) < 4.78 is 14.6. The van der Waals surface area contributed by atoms with E-state index in [1.165, 1.54) is 12.1 Å². The Hall–Kier alpha value is -1.95. The third-order valence-electron chi connectivity index (χ3n) is 3.23. The normalized spacial score (nSPS) is 12.0. The lowest BCUT2D eigenvalue weighted by Gasteiger charge is -2.16. The Balaban J connectivity index is 1.87. The number of thiocarbonyl (C=S) groups is 1. The summed E-state index contributed by atoms with van der Waals surface area (Å²) in [5.74, 6) is -0.236. The van der Waals surface area contributed by atoms with Gasteiger partial charge in [0.05, 0.1) is 11.7 Å². The highest BCUT2D eigenvalue weighted by atomic mass is 32.1. The van der Waals surface area contributed by atoms with E-state index >= 15 is 0 Å². The van der Waals surface area contributed by atoms with Crippen LogP contribution in [0.25, 0.3) is 0 Å². The van der Waals surface area contributed by atoms with E-state index in [2.05, 4.69) is 15.7 Å². The van der Waals surface area contributed by atoms with Crippen molar-refractivity contribution >= 4 is 17.3 Å². The van der Waals surface area contributed by atoms with Crippen LogP contribution in [-0.2, 0) is 13.6 Å². The molecule has 21 heavy (non-hydrogen) atoms. The average Bonchev–Trinajstić information content (AvgIpc) is 2.77. The molecule has 4 nitrogen and oxygen atoms in total. The Morgan fingerprint density at radius 1 is 1.38 bits per heavy atom. The molecule has 2 N–H and O–H groups in total. The molecule has 2 rings (SSSR count). The Bertz CT molecular complexity index is 621. The summed E-state index contributed by atoms with van der Waals surface area (Å²) in [6.45, 7) is 4.57. The van der Waals surface area contributed by atoms with Crippen LogP contribution in [0.2, 0.25) is 0 Å². The topological polar surface area (TPSA) is 41.9 Å². The number of aryl methyl sites for hydroxylation is 2. The molecule has 0 saturated carbocycles. The second-order valence-corrected chi connectivity index (χ2v) is 5.43. The molecule has 0 saturated heterocycles. The molecule has 0 aliphatic heterocycles. The molecule has 2 aromatic rings. The van der Waals surface area contributed by atoms with Crippen LogP contribution in [0.3, 0.4) is 0 Å². The molecule has 1 aromatic heterocycles. The van der Waals surface area contributed by atoms with Gasteiger partial charge in [0.1, 0.15) is 5.82 Å². The van der Waals surface area contributed by atoms with Crippen molar-refractivity contribution < 1.29 is 4.39 Å². The van der Waals surface area contributed by atoms with Gasteiger partial charge in [0.25, 0.3) is 0 Å². The van der Waals surface area contributed by atoms with Crippen LogP contribution in [0.15, 0.2) is 30.5 Å². The van der Waals surface area contributed by atoms with Gasteiger partial charge in [-0.15, -0.1) is 0 Å². The second kappa shape index (κ2) is 6.67. The summed E-state index contributed by atoms with van der Waals surface area (Å²) in [6, 6.07) is 6.43. The number of benzene rings is 1. The number of hydrogen-bond donors (Lipinski definition) is 2. The molecule has 6 heteroatoms. The first kappa shape index (κ1) is 15.4. The van der Waals surface area contributed by atoms with Crippen molar-refractivity contribution in [2.45, 2.75) is 26.4 Å². The van der Waals surface area contributed by atoms with E-state index in [0.717, 1.165) is 16.8 Å². The summed E-state index contributed by atoms with van der Waals surface area (Å²) in [4.78, 5) is 0. The lowest BCUT2D eigenvalue weighted by atomic mass is 10.1. The lowest BCUT2D eigenvalue weighted by Crippen LogP contribution is -2.36. The molecule has 1 unspecified atom stereocenters. The number of nitrogens with zero attached hydrogens (tertiary/aromatic N) is 2. The van der Waals surface area contributed by atoms with Gasteiger partial charge in [-0.05, 0) is 43.8 Å². The van der Waals surface area contributed by atoms with Gasteiger partial charge >= 0.3 is 0 Å². The van der Waals surface area contributed by atoms with Crippen molar-refractivity contribution in [3.8, 4) is 0 Å². The van der Waals surface area contributed by atoms with E-state index in [4.69, 9.17) is 12.2 Å². The zero-order chi connectivity index (χ0) is 15.4. The number of hydrogen-bond acceptors (Lipinski definition) is 2. The SMILES string of the molecule is Cc1nn(C)cc1C(C)NC(=S)NCc1ccc(F)cc1. The zero-order valence-corrected chi connectivity index (χ0v) is 13.2. The minimum Gasteiger partial charge on any atom is -0.359 e. The molecule has 0 amide bonds. The van der Waals surface area contributed by atoms with Crippen LogP contribution in [-0.4, -0.2) is 14.9 Å². The molecule has 0 aliphatic carbocycles. The van der Waals surface area contributed by atoms with Crippen molar-refractivity contribution in [2.75, 3.05) is 0 Å². The highest BCUT2D eigenvalue weighted by molar-refractivity contribution is 7.80. The van der Waals surface area contributed by atoms with E-state index in [-0.39, 0.29) is 11.9 Å². The summed E-state index contributed by atoms with van der Waals surface area (Å²) in [6.07, 6.45) is 1.98. The molecule has 1 aromatic carbocycles. The molecular formula is C15H19FN4S. The molecule has 112 valence electrons. The van der Waals surface area contributed by atoms with Gasteiger partial charge in [0.15, 0.2) is 5.11 Å². The molecule has 0 fully saturated rings. The van der Waals surface area contributed by atoms with Gasteiger partial charge in [-0.25, -0.2) is 4.39 Å². The first-order valence-corrected chi connectivity index (χ1v) is 7.15. The molecular weight excluding hydrogens is 287 g/mol. The number of halogens is 1. The molecule has 1 atom stereocenters. The van der Waals surface area contributed by atoms with Crippen LogP contribution in [0.5, 0.6) is 0 Å². The van der Waals surface area contributed by atoms with E-state index in [1.54, 1.807) is 16.8 Å². The number of nitrogens with one attached hydrogen (secondary N) is 2. The van der Waals surface area contributed by atoms with Gasteiger partial charge in [-0.1, -0.05) is 12.1 Å². The van der Waals surface area contributed by atoms with E-state index < -0.39 is 0 Å². The van der Waals surface area contributed by atoms with Crippen molar-refractivity contribution in [1.29, 1.82) is 0 Å². The minimum absolute atomic E-state index is 0.0758. The maximum Gasteiger partial charge on any atom is 0.167 e. The van der Waals surface area contributed by atoms with Gasteiger partial charge in [0, 0.05) is 25.4 Å². The fourth-order valence-electron chi connectivity index (χ4n) is 2.15. The van der Waals surface area contributed by atoms with Crippen LogP contribution < -0.4 is 10.6 Å². The Kier molecular flexibility index (Phi) is 4.90. The first-order chi connectivity index (χ1) is 9.95. The number of rotatable bonds is 4. The summed E-state index contributed by atoms with van der Waals surface area (Å²) in [5.41, 5.74) is 3.08. The highest BCUT2D eigenvalue weighted by Gasteiger charge is 2.12. The average molecular weight is 306 g/mol. The van der Waals surface area contributed by atoms with Gasteiger partial charge in [0.2, 0.25) is 0 Å². The molecule has 0 radical (unpaired) electrons. The predicted molar refractivity (Wildman–Crippen MR) is 85.3 cm³/mol. The Morgan fingerprint density at radius 3 is 2.62 bits per heavy atom. The summed E-state index contributed by atoms with van der Waals surface area (Å²) in [7, 11) is 1.90. The van der Waals surface area contributed by atoms with Crippen molar-refractivity contribution in [1.82, 2.24) is 20.4 Å². The third kappa shape index (κ3) is 4.26. The second-order valence-electron chi connectivity index (χ2n) is 5.02. The largest absolute Gasteiger partial charge is 0.359 e. The third-order valence-corrected chi connectivity index (χ3v) is 3.49. The quantitative estimate of drug-likeness (QED) is 0.852. The molecule has 0 aliphatic rings. The van der Waals surface area contributed by atoms with Crippen molar-refractivity contribution in [2.24, 2.45) is 7.05 Å². The zero-order valence-electron chi connectivity index (χ0n) is 12.4. The van der Waals surface area contributed by atoms with Crippen LogP contribution in [0.1, 0.15) is 29.8 Å². The van der Waals surface area contributed by atoms with E-state index in [1.807, 2.05) is 27.1 Å². The molecule has 0 bridgehead atoms. The van der Waals surface area contributed by atoms with Gasteiger partial charge in [-0.3, -0.25) is 4.68 Å². The lowest BCUT2D eigenvalue weighted by molar-refractivity contribution is 0.626. The molecule has 0 spiro atoms. The van der Waals surface area contributed by atoms with E-state index in [9.17, 15) is 4.39 Å². The Morgan fingerprint density at radius 2 is 2.05 bits per heavy atom. The first-order valence-electron chi connectivity index (χ1n) is 6.74. The number of aromatic nitrogens is 2. The van der Waals surface area contributed by atoms with Crippen molar-refractivity contribution in [3.63, 3.8) is 0 Å². The van der Waals surface area contributed by atoms with Crippen LogP contribution in [0.4, 0.5) is 4.39 Å². The fraction of sp³-hybridized carbons (Fsp3) is 0.333. The van der Waals surface area contributed by atoms with Crippen LogP contribution >= 0.6 is 12.2 Å². The maximum absolute atomic E-state index is 12.8. The van der Waals surface area contributed by atoms with Gasteiger partial charge < -0.3 is 10.6 Å². The Labute approximate surface area is 129 Å².